The predicted octanol–water partition coefficient (Wildman–Crippen LogP) is 2.64. The predicted molar refractivity (Wildman–Crippen MR) is 68.6 cm³/mol. The van der Waals surface area contributed by atoms with Crippen molar-refractivity contribution < 1.29 is 23.0 Å². The smallest absolute Gasteiger partial charge is 0.382 e. The summed E-state index contributed by atoms with van der Waals surface area (Å²) in [7, 11) is 0. The second kappa shape index (κ2) is 6.30. The lowest BCUT2D eigenvalue weighted by atomic mass is 10.1. The van der Waals surface area contributed by atoms with E-state index in [1.54, 1.807) is 29.2 Å². The Bertz CT molecular complexity index is 438. The molecule has 1 heterocycles. The fourth-order valence-electron chi connectivity index (χ4n) is 2.10. The molecule has 1 N–H and O–H groups in total. The van der Waals surface area contributed by atoms with E-state index in [0.29, 0.717) is 24.7 Å². The van der Waals surface area contributed by atoms with Crippen molar-refractivity contribution in [3.63, 3.8) is 0 Å². The second-order valence-electron chi connectivity index (χ2n) is 4.73. The Morgan fingerprint density at radius 3 is 2.60 bits per heavy atom. The highest BCUT2D eigenvalue weighted by atomic mass is 35.5. The van der Waals surface area contributed by atoms with E-state index in [0.717, 1.165) is 5.56 Å². The summed E-state index contributed by atoms with van der Waals surface area (Å²) in [5.41, 5.74) is 0.862. The summed E-state index contributed by atoms with van der Waals surface area (Å²) in [6.45, 7) is 0.584. The molecule has 0 amide bonds. The first-order chi connectivity index (χ1) is 9.36. The minimum atomic E-state index is -4.59. The summed E-state index contributed by atoms with van der Waals surface area (Å²) in [4.78, 5) is 1.56. The van der Waals surface area contributed by atoms with Crippen LogP contribution in [0.1, 0.15) is 11.7 Å². The number of aliphatic hydroxyl groups is 1. The zero-order valence-corrected chi connectivity index (χ0v) is 11.4. The number of alkyl halides is 3. The molecular weight excluding hydrogens is 295 g/mol. The number of morpholine rings is 1. The van der Waals surface area contributed by atoms with Crippen LogP contribution >= 0.6 is 11.6 Å². The molecular formula is C13H15ClF3NO2. The maximum atomic E-state index is 12.3. The highest BCUT2D eigenvalue weighted by Gasteiger charge is 2.39. The van der Waals surface area contributed by atoms with Crippen LogP contribution in [0.25, 0.3) is 0 Å². The molecule has 1 fully saturated rings. The SMILES string of the molecule is O[C@H](CN1CCO[C@@H](c2ccc(Cl)cc2)C1)C(F)(F)F. The molecule has 1 aromatic rings. The van der Waals surface area contributed by atoms with Crippen LogP contribution in [0, 0.1) is 0 Å². The summed E-state index contributed by atoms with van der Waals surface area (Å²) in [6.07, 6.45) is -7.22. The standard InChI is InChI=1S/C13H15ClF3NO2/c14-10-3-1-9(2-4-10)11-7-18(5-6-20-11)8-12(19)13(15,16)17/h1-4,11-12,19H,5-8H2/t11-,12-/m1/s1. The van der Waals surface area contributed by atoms with Crippen molar-refractivity contribution in [3.8, 4) is 0 Å². The molecule has 1 aliphatic heterocycles. The molecule has 2 atom stereocenters. The van der Waals surface area contributed by atoms with E-state index in [1.807, 2.05) is 0 Å². The maximum absolute atomic E-state index is 12.3. The summed E-state index contributed by atoms with van der Waals surface area (Å²) >= 11 is 5.79. The van der Waals surface area contributed by atoms with Crippen LogP contribution in [0.3, 0.4) is 0 Å². The van der Waals surface area contributed by atoms with Crippen LogP contribution < -0.4 is 0 Å². The van der Waals surface area contributed by atoms with Crippen molar-refractivity contribution in [3.05, 3.63) is 34.9 Å². The molecule has 1 saturated heterocycles. The minimum absolute atomic E-state index is 0.304. The molecule has 20 heavy (non-hydrogen) atoms. The molecule has 7 heteroatoms. The molecule has 0 radical (unpaired) electrons. The van der Waals surface area contributed by atoms with Crippen molar-refractivity contribution in [1.82, 2.24) is 4.90 Å². The van der Waals surface area contributed by atoms with Gasteiger partial charge in [0.2, 0.25) is 0 Å². The van der Waals surface area contributed by atoms with Crippen molar-refractivity contribution >= 4 is 11.6 Å². The monoisotopic (exact) mass is 309 g/mol. The highest BCUT2D eigenvalue weighted by molar-refractivity contribution is 6.30. The van der Waals surface area contributed by atoms with Gasteiger partial charge in [0.25, 0.3) is 0 Å². The molecule has 0 saturated carbocycles. The topological polar surface area (TPSA) is 32.7 Å². The second-order valence-corrected chi connectivity index (χ2v) is 5.16. The highest BCUT2D eigenvalue weighted by Crippen LogP contribution is 2.26. The van der Waals surface area contributed by atoms with E-state index >= 15 is 0 Å². The average molecular weight is 310 g/mol. The Hall–Kier alpha value is -0.820. The quantitative estimate of drug-likeness (QED) is 0.932. The molecule has 2 rings (SSSR count). The number of hydrogen-bond donors (Lipinski definition) is 1. The number of rotatable bonds is 3. The Balaban J connectivity index is 1.96. The summed E-state index contributed by atoms with van der Waals surface area (Å²) in [5.74, 6) is 0. The van der Waals surface area contributed by atoms with E-state index in [1.165, 1.54) is 0 Å². The number of aliphatic hydroxyl groups excluding tert-OH is 1. The third-order valence-corrected chi connectivity index (χ3v) is 3.45. The van der Waals surface area contributed by atoms with Crippen LogP contribution in [-0.2, 0) is 4.74 Å². The molecule has 0 unspecified atom stereocenters. The fourth-order valence-corrected chi connectivity index (χ4v) is 2.22. The first-order valence-corrected chi connectivity index (χ1v) is 6.58. The lowest BCUT2D eigenvalue weighted by Crippen LogP contribution is -2.46. The van der Waals surface area contributed by atoms with Gasteiger partial charge in [0.1, 0.15) is 0 Å². The Morgan fingerprint density at radius 1 is 1.35 bits per heavy atom. The van der Waals surface area contributed by atoms with Crippen molar-refractivity contribution in [2.75, 3.05) is 26.2 Å². The van der Waals surface area contributed by atoms with Gasteiger partial charge in [-0.15, -0.1) is 0 Å². The van der Waals surface area contributed by atoms with Gasteiger partial charge in [0.15, 0.2) is 6.10 Å². The number of benzene rings is 1. The van der Waals surface area contributed by atoms with Gasteiger partial charge in [-0.3, -0.25) is 4.90 Å². The van der Waals surface area contributed by atoms with Gasteiger partial charge in [-0.1, -0.05) is 23.7 Å². The fraction of sp³-hybridized carbons (Fsp3) is 0.538. The summed E-state index contributed by atoms with van der Waals surface area (Å²) in [6, 6.07) is 7.00. The van der Waals surface area contributed by atoms with Crippen LogP contribution in [0.2, 0.25) is 5.02 Å². The lowest BCUT2D eigenvalue weighted by Gasteiger charge is -2.34. The Kier molecular flexibility index (Phi) is 4.90. The van der Waals surface area contributed by atoms with Crippen LogP contribution in [0.15, 0.2) is 24.3 Å². The molecule has 1 aromatic carbocycles. The van der Waals surface area contributed by atoms with Gasteiger partial charge >= 0.3 is 6.18 Å². The van der Waals surface area contributed by atoms with E-state index < -0.39 is 18.8 Å². The number of ether oxygens (including phenoxy) is 1. The Morgan fingerprint density at radius 2 is 2.00 bits per heavy atom. The van der Waals surface area contributed by atoms with Crippen LogP contribution in [0.5, 0.6) is 0 Å². The van der Waals surface area contributed by atoms with E-state index in [-0.39, 0.29) is 6.10 Å². The summed E-state index contributed by atoms with van der Waals surface area (Å²) in [5, 5.41) is 9.70. The van der Waals surface area contributed by atoms with Gasteiger partial charge in [-0.25, -0.2) is 0 Å². The van der Waals surface area contributed by atoms with E-state index in [9.17, 15) is 13.2 Å². The number of hydrogen-bond acceptors (Lipinski definition) is 3. The number of nitrogens with zero attached hydrogens (tertiary/aromatic N) is 1. The van der Waals surface area contributed by atoms with Crippen molar-refractivity contribution in [2.24, 2.45) is 0 Å². The van der Waals surface area contributed by atoms with Crippen LogP contribution in [-0.4, -0.2) is 48.5 Å². The molecule has 0 aliphatic carbocycles. The third-order valence-electron chi connectivity index (χ3n) is 3.20. The molecule has 112 valence electrons. The number of β-amino-alcohol motifs (C(OH)–C–C–N with tert-alkyl or cyclic N) is 1. The molecule has 3 nitrogen and oxygen atoms in total. The van der Waals surface area contributed by atoms with Gasteiger partial charge in [-0.05, 0) is 17.7 Å². The first-order valence-electron chi connectivity index (χ1n) is 6.20. The van der Waals surface area contributed by atoms with Gasteiger partial charge in [0, 0.05) is 24.7 Å². The van der Waals surface area contributed by atoms with Crippen LogP contribution in [0.4, 0.5) is 13.2 Å². The van der Waals surface area contributed by atoms with E-state index in [4.69, 9.17) is 21.4 Å². The van der Waals surface area contributed by atoms with Crippen molar-refractivity contribution in [1.29, 1.82) is 0 Å². The summed E-state index contributed by atoms with van der Waals surface area (Å²) < 4.78 is 42.6. The van der Waals surface area contributed by atoms with Gasteiger partial charge in [-0.2, -0.15) is 13.2 Å². The zero-order chi connectivity index (χ0) is 14.8. The minimum Gasteiger partial charge on any atom is -0.382 e. The molecule has 1 aliphatic rings. The average Bonchev–Trinajstić information content (AvgIpc) is 2.39. The normalized spacial score (nSPS) is 22.8. The van der Waals surface area contributed by atoms with Gasteiger partial charge < -0.3 is 9.84 Å². The van der Waals surface area contributed by atoms with E-state index in [2.05, 4.69) is 0 Å². The molecule has 0 aromatic heterocycles. The molecule has 0 bridgehead atoms. The largest absolute Gasteiger partial charge is 0.415 e. The third kappa shape index (κ3) is 4.09. The Labute approximate surface area is 119 Å². The van der Waals surface area contributed by atoms with Crippen molar-refractivity contribution in [2.45, 2.75) is 18.4 Å². The maximum Gasteiger partial charge on any atom is 0.415 e. The lowest BCUT2D eigenvalue weighted by molar-refractivity contribution is -0.211. The van der Waals surface area contributed by atoms with Gasteiger partial charge in [0.05, 0.1) is 12.7 Å². The zero-order valence-electron chi connectivity index (χ0n) is 10.6. The molecule has 0 spiro atoms. The number of halogens is 4. The first kappa shape index (κ1) is 15.6.